The van der Waals surface area contributed by atoms with E-state index in [-0.39, 0.29) is 0 Å². The summed E-state index contributed by atoms with van der Waals surface area (Å²) in [4.78, 5) is 2.58. The van der Waals surface area contributed by atoms with Crippen LogP contribution in [-0.4, -0.2) is 30.6 Å². The molecule has 0 bridgehead atoms. The second kappa shape index (κ2) is 5.19. The number of aryl methyl sites for hydroxylation is 3. The Hall–Kier alpha value is -0.860. The second-order valence-electron chi connectivity index (χ2n) is 5.40. The van der Waals surface area contributed by atoms with Crippen LogP contribution in [0.3, 0.4) is 0 Å². The fourth-order valence-electron chi connectivity index (χ4n) is 2.78. The molecule has 17 heavy (non-hydrogen) atoms. The Morgan fingerprint density at radius 3 is 2.47 bits per heavy atom. The number of nitrogens with zero attached hydrogens (tertiary/aromatic N) is 1. The minimum absolute atomic E-state index is 0.642. The van der Waals surface area contributed by atoms with Gasteiger partial charge in [-0.15, -0.1) is 0 Å². The van der Waals surface area contributed by atoms with Gasteiger partial charge in [0.05, 0.1) is 0 Å². The summed E-state index contributed by atoms with van der Waals surface area (Å²) in [7, 11) is 0. The van der Waals surface area contributed by atoms with Crippen LogP contribution in [0.4, 0.5) is 0 Å². The van der Waals surface area contributed by atoms with Gasteiger partial charge in [0, 0.05) is 32.2 Å². The third kappa shape index (κ3) is 2.88. The van der Waals surface area contributed by atoms with Gasteiger partial charge in [0.15, 0.2) is 0 Å². The van der Waals surface area contributed by atoms with Crippen molar-refractivity contribution in [2.45, 2.75) is 40.3 Å². The fraction of sp³-hybridized carbons (Fsp3) is 0.600. The second-order valence-corrected chi connectivity index (χ2v) is 5.40. The summed E-state index contributed by atoms with van der Waals surface area (Å²) < 4.78 is 0. The minimum Gasteiger partial charge on any atom is -0.314 e. The van der Waals surface area contributed by atoms with Crippen molar-refractivity contribution < 1.29 is 0 Å². The number of hydrogen-bond acceptors (Lipinski definition) is 2. The van der Waals surface area contributed by atoms with E-state index < -0.39 is 0 Å². The van der Waals surface area contributed by atoms with E-state index in [0.29, 0.717) is 6.04 Å². The molecule has 94 valence electrons. The zero-order chi connectivity index (χ0) is 12.4. The van der Waals surface area contributed by atoms with Crippen LogP contribution < -0.4 is 5.32 Å². The monoisotopic (exact) mass is 232 g/mol. The molecule has 1 aromatic carbocycles. The molecule has 0 amide bonds. The van der Waals surface area contributed by atoms with Crippen LogP contribution in [0.15, 0.2) is 12.1 Å². The van der Waals surface area contributed by atoms with Gasteiger partial charge in [-0.3, -0.25) is 4.90 Å². The maximum absolute atomic E-state index is 3.45. The van der Waals surface area contributed by atoms with Gasteiger partial charge in [0.2, 0.25) is 0 Å². The van der Waals surface area contributed by atoms with Gasteiger partial charge < -0.3 is 5.32 Å². The quantitative estimate of drug-likeness (QED) is 0.842. The van der Waals surface area contributed by atoms with Crippen molar-refractivity contribution in [3.05, 3.63) is 34.4 Å². The highest BCUT2D eigenvalue weighted by Gasteiger charge is 2.19. The van der Waals surface area contributed by atoms with Gasteiger partial charge in [0.1, 0.15) is 0 Å². The van der Waals surface area contributed by atoms with Gasteiger partial charge in [0.25, 0.3) is 0 Å². The Morgan fingerprint density at radius 1 is 1.24 bits per heavy atom. The van der Waals surface area contributed by atoms with Crippen molar-refractivity contribution in [1.82, 2.24) is 10.2 Å². The Bertz CT molecular complexity index is 375. The Morgan fingerprint density at radius 2 is 1.88 bits per heavy atom. The van der Waals surface area contributed by atoms with E-state index in [9.17, 15) is 0 Å². The van der Waals surface area contributed by atoms with Gasteiger partial charge in [-0.05, 0) is 44.4 Å². The molecule has 1 aromatic rings. The topological polar surface area (TPSA) is 15.3 Å². The molecule has 1 aliphatic heterocycles. The SMILES string of the molecule is Cc1cc(C)c(CN2CCNC[C@H]2C)c(C)c1. The molecule has 2 rings (SSSR count). The third-order valence-corrected chi connectivity index (χ3v) is 3.84. The van der Waals surface area contributed by atoms with Crippen LogP contribution >= 0.6 is 0 Å². The van der Waals surface area contributed by atoms with E-state index >= 15 is 0 Å². The van der Waals surface area contributed by atoms with Crippen LogP contribution in [0.2, 0.25) is 0 Å². The Kier molecular flexibility index (Phi) is 3.85. The van der Waals surface area contributed by atoms with Gasteiger partial charge in [-0.25, -0.2) is 0 Å². The third-order valence-electron chi connectivity index (χ3n) is 3.84. The molecule has 2 heteroatoms. The number of benzene rings is 1. The van der Waals surface area contributed by atoms with E-state index in [1.54, 1.807) is 0 Å². The highest BCUT2D eigenvalue weighted by atomic mass is 15.2. The predicted molar refractivity (Wildman–Crippen MR) is 73.4 cm³/mol. The largest absolute Gasteiger partial charge is 0.314 e. The first-order valence-electron chi connectivity index (χ1n) is 6.59. The maximum atomic E-state index is 3.45. The highest BCUT2D eigenvalue weighted by molar-refractivity contribution is 5.37. The van der Waals surface area contributed by atoms with Crippen molar-refractivity contribution >= 4 is 0 Å². The lowest BCUT2D eigenvalue weighted by Crippen LogP contribution is -2.49. The summed E-state index contributed by atoms with van der Waals surface area (Å²) >= 11 is 0. The first kappa shape index (κ1) is 12.6. The van der Waals surface area contributed by atoms with Crippen LogP contribution in [-0.2, 0) is 6.54 Å². The predicted octanol–water partition coefficient (Wildman–Crippen LogP) is 2.41. The van der Waals surface area contributed by atoms with Gasteiger partial charge in [-0.1, -0.05) is 17.7 Å². The van der Waals surface area contributed by atoms with Gasteiger partial charge in [-0.2, -0.15) is 0 Å². The van der Waals surface area contributed by atoms with Crippen LogP contribution in [0.1, 0.15) is 29.2 Å². The molecule has 1 heterocycles. The van der Waals surface area contributed by atoms with Crippen molar-refractivity contribution in [1.29, 1.82) is 0 Å². The summed E-state index contributed by atoms with van der Waals surface area (Å²) in [6, 6.07) is 5.24. The van der Waals surface area contributed by atoms with Crippen molar-refractivity contribution in [3.63, 3.8) is 0 Å². The standard InChI is InChI=1S/C15H24N2/c1-11-7-12(2)15(13(3)8-11)10-17-6-5-16-9-14(17)4/h7-8,14,16H,5-6,9-10H2,1-4H3/t14-/m1/s1. The molecule has 1 fully saturated rings. The summed E-state index contributed by atoms with van der Waals surface area (Å²) in [5.74, 6) is 0. The first-order chi connectivity index (χ1) is 8.08. The summed E-state index contributed by atoms with van der Waals surface area (Å²) in [6.07, 6.45) is 0. The average Bonchev–Trinajstić information content (AvgIpc) is 2.25. The summed E-state index contributed by atoms with van der Waals surface area (Å²) in [5.41, 5.74) is 5.77. The molecule has 1 aliphatic rings. The maximum Gasteiger partial charge on any atom is 0.0242 e. The van der Waals surface area contributed by atoms with Crippen LogP contribution in [0, 0.1) is 20.8 Å². The molecule has 0 radical (unpaired) electrons. The van der Waals surface area contributed by atoms with E-state index in [1.165, 1.54) is 22.3 Å². The zero-order valence-corrected chi connectivity index (χ0v) is 11.5. The molecule has 0 aliphatic carbocycles. The van der Waals surface area contributed by atoms with Crippen molar-refractivity contribution in [2.75, 3.05) is 19.6 Å². The normalized spacial score (nSPS) is 21.8. The van der Waals surface area contributed by atoms with Crippen molar-refractivity contribution in [2.24, 2.45) is 0 Å². The molecular formula is C15H24N2. The molecule has 0 spiro atoms. The summed E-state index contributed by atoms with van der Waals surface area (Å²) in [6.45, 7) is 13.5. The fourth-order valence-corrected chi connectivity index (χ4v) is 2.78. The van der Waals surface area contributed by atoms with Crippen molar-refractivity contribution in [3.8, 4) is 0 Å². The number of hydrogen-bond donors (Lipinski definition) is 1. The lowest BCUT2D eigenvalue weighted by atomic mass is 9.98. The van der Waals surface area contributed by atoms with E-state index in [2.05, 4.69) is 50.0 Å². The molecule has 0 saturated carbocycles. The Balaban J connectivity index is 2.17. The molecule has 1 saturated heterocycles. The summed E-state index contributed by atoms with van der Waals surface area (Å²) in [5, 5.41) is 3.45. The smallest absolute Gasteiger partial charge is 0.0242 e. The molecule has 2 nitrogen and oxygen atoms in total. The average molecular weight is 232 g/mol. The van der Waals surface area contributed by atoms with E-state index in [0.717, 1.165) is 26.2 Å². The first-order valence-corrected chi connectivity index (χ1v) is 6.59. The molecule has 0 unspecified atom stereocenters. The lowest BCUT2D eigenvalue weighted by molar-refractivity contribution is 0.165. The molecule has 1 atom stereocenters. The lowest BCUT2D eigenvalue weighted by Gasteiger charge is -2.34. The van der Waals surface area contributed by atoms with Crippen LogP contribution in [0.5, 0.6) is 0 Å². The van der Waals surface area contributed by atoms with E-state index in [4.69, 9.17) is 0 Å². The number of rotatable bonds is 2. The molecular weight excluding hydrogens is 208 g/mol. The molecule has 1 N–H and O–H groups in total. The molecule has 0 aromatic heterocycles. The number of nitrogens with one attached hydrogen (secondary N) is 1. The van der Waals surface area contributed by atoms with Crippen LogP contribution in [0.25, 0.3) is 0 Å². The highest BCUT2D eigenvalue weighted by Crippen LogP contribution is 2.19. The number of piperazine rings is 1. The van der Waals surface area contributed by atoms with Gasteiger partial charge >= 0.3 is 0 Å². The zero-order valence-electron chi connectivity index (χ0n) is 11.5. The Labute approximate surface area is 105 Å². The minimum atomic E-state index is 0.642. The van der Waals surface area contributed by atoms with E-state index in [1.807, 2.05) is 0 Å².